The Kier molecular flexibility index (Phi) is 6.52. The molecule has 1 amide bonds. The topological polar surface area (TPSA) is 64.0 Å². The molecule has 0 unspecified atom stereocenters. The van der Waals surface area contributed by atoms with Gasteiger partial charge in [0.2, 0.25) is 5.91 Å². The quantitative estimate of drug-likeness (QED) is 0.538. The van der Waals surface area contributed by atoms with Crippen molar-refractivity contribution in [2.24, 2.45) is 0 Å². The smallest absolute Gasteiger partial charge is 0.261 e. The molecule has 0 atom stereocenters. The molecule has 0 aliphatic heterocycles. The van der Waals surface area contributed by atoms with Crippen molar-refractivity contribution in [1.29, 1.82) is 0 Å². The number of halogens is 1. The van der Waals surface area contributed by atoms with Gasteiger partial charge in [-0.15, -0.1) is 0 Å². The van der Waals surface area contributed by atoms with E-state index >= 15 is 0 Å². The number of hydrogen-bond donors (Lipinski definition) is 1. The first-order valence-corrected chi connectivity index (χ1v) is 10.6. The van der Waals surface area contributed by atoms with E-state index in [0.717, 1.165) is 15.7 Å². The number of nitrogens with one attached hydrogen (secondary N) is 1. The summed E-state index contributed by atoms with van der Waals surface area (Å²) in [6.45, 7) is 8.83. The SMILES string of the molecule is CC(C)c1ccc(NC(=O)CCn2cnc3ccc(Br)cc3c2=O)c(C(C)C)c1. The molecule has 0 saturated carbocycles. The van der Waals surface area contributed by atoms with Gasteiger partial charge in [-0.3, -0.25) is 14.2 Å². The maximum absolute atomic E-state index is 12.7. The summed E-state index contributed by atoms with van der Waals surface area (Å²) in [6.07, 6.45) is 1.70. The molecule has 1 heterocycles. The Hall–Kier alpha value is -2.47. The molecule has 5 nitrogen and oxygen atoms in total. The van der Waals surface area contributed by atoms with Gasteiger partial charge in [0.05, 0.1) is 17.2 Å². The number of amides is 1. The number of benzene rings is 2. The highest BCUT2D eigenvalue weighted by molar-refractivity contribution is 9.10. The monoisotopic (exact) mass is 455 g/mol. The molecule has 0 fully saturated rings. The Labute approximate surface area is 179 Å². The first kappa shape index (κ1) is 21.2. The summed E-state index contributed by atoms with van der Waals surface area (Å²) in [6, 6.07) is 11.6. The highest BCUT2D eigenvalue weighted by atomic mass is 79.9. The number of hydrogen-bond acceptors (Lipinski definition) is 3. The third-order valence-electron chi connectivity index (χ3n) is 5.00. The second-order valence-electron chi connectivity index (χ2n) is 7.86. The molecule has 0 saturated heterocycles. The van der Waals surface area contributed by atoms with Crippen LogP contribution >= 0.6 is 15.9 Å². The van der Waals surface area contributed by atoms with Crippen LogP contribution in [0.4, 0.5) is 5.69 Å². The van der Waals surface area contributed by atoms with Crippen molar-refractivity contribution in [3.8, 4) is 0 Å². The minimum atomic E-state index is -0.145. The molecule has 3 aromatic rings. The van der Waals surface area contributed by atoms with Crippen molar-refractivity contribution in [1.82, 2.24) is 9.55 Å². The molecule has 152 valence electrons. The van der Waals surface area contributed by atoms with E-state index in [1.54, 1.807) is 12.1 Å². The number of carbonyl (C=O) groups is 1. The van der Waals surface area contributed by atoms with Gasteiger partial charge in [-0.25, -0.2) is 4.98 Å². The molecule has 1 N–H and O–H groups in total. The highest BCUT2D eigenvalue weighted by Gasteiger charge is 2.13. The van der Waals surface area contributed by atoms with Gasteiger partial charge in [-0.2, -0.15) is 0 Å². The summed E-state index contributed by atoms with van der Waals surface area (Å²) in [5, 5.41) is 3.55. The predicted octanol–water partition coefficient (Wildman–Crippen LogP) is 5.43. The molecule has 0 aliphatic carbocycles. The molecule has 0 radical (unpaired) electrons. The normalized spacial score (nSPS) is 11.4. The van der Waals surface area contributed by atoms with Crippen LogP contribution in [0.25, 0.3) is 10.9 Å². The summed E-state index contributed by atoms with van der Waals surface area (Å²) < 4.78 is 2.31. The lowest BCUT2D eigenvalue weighted by atomic mass is 9.94. The van der Waals surface area contributed by atoms with Crippen molar-refractivity contribution >= 4 is 38.4 Å². The first-order valence-electron chi connectivity index (χ1n) is 9.84. The van der Waals surface area contributed by atoms with E-state index < -0.39 is 0 Å². The van der Waals surface area contributed by atoms with Crippen LogP contribution in [0.5, 0.6) is 0 Å². The van der Waals surface area contributed by atoms with E-state index in [1.165, 1.54) is 16.5 Å². The Morgan fingerprint density at radius 1 is 1.10 bits per heavy atom. The zero-order valence-electron chi connectivity index (χ0n) is 17.2. The summed E-state index contributed by atoms with van der Waals surface area (Å²) in [5.41, 5.74) is 3.71. The van der Waals surface area contributed by atoms with Gasteiger partial charge in [0.1, 0.15) is 0 Å². The Balaban J connectivity index is 1.74. The van der Waals surface area contributed by atoms with E-state index in [2.05, 4.69) is 66.1 Å². The van der Waals surface area contributed by atoms with Gasteiger partial charge < -0.3 is 5.32 Å². The summed E-state index contributed by atoms with van der Waals surface area (Å²) in [4.78, 5) is 29.5. The van der Waals surface area contributed by atoms with Crippen molar-refractivity contribution in [3.63, 3.8) is 0 Å². The van der Waals surface area contributed by atoms with Gasteiger partial charge in [-0.05, 0) is 47.2 Å². The fourth-order valence-corrected chi connectivity index (χ4v) is 3.62. The van der Waals surface area contributed by atoms with Crippen LogP contribution in [0.15, 0.2) is 52.0 Å². The van der Waals surface area contributed by atoms with Gasteiger partial charge in [-0.1, -0.05) is 55.8 Å². The number of aromatic nitrogens is 2. The third kappa shape index (κ3) is 4.93. The van der Waals surface area contributed by atoms with Crippen molar-refractivity contribution in [2.75, 3.05) is 5.32 Å². The third-order valence-corrected chi connectivity index (χ3v) is 5.50. The van der Waals surface area contributed by atoms with Crippen molar-refractivity contribution in [3.05, 3.63) is 68.7 Å². The van der Waals surface area contributed by atoms with Crippen LogP contribution in [-0.4, -0.2) is 15.5 Å². The average Bonchev–Trinajstić information content (AvgIpc) is 2.68. The summed E-state index contributed by atoms with van der Waals surface area (Å²) in [7, 11) is 0. The van der Waals surface area contributed by atoms with Gasteiger partial charge in [0.15, 0.2) is 0 Å². The molecule has 2 aromatic carbocycles. The zero-order chi connectivity index (χ0) is 21.1. The van der Waals surface area contributed by atoms with E-state index in [9.17, 15) is 9.59 Å². The fraction of sp³-hybridized carbons (Fsp3) is 0.348. The van der Waals surface area contributed by atoms with Crippen molar-refractivity contribution < 1.29 is 4.79 Å². The molecule has 29 heavy (non-hydrogen) atoms. The van der Waals surface area contributed by atoms with Gasteiger partial charge in [0, 0.05) is 23.1 Å². The van der Waals surface area contributed by atoms with E-state index in [1.807, 2.05) is 12.1 Å². The minimum absolute atomic E-state index is 0.120. The van der Waals surface area contributed by atoms with Crippen LogP contribution in [0.1, 0.15) is 57.1 Å². The van der Waals surface area contributed by atoms with E-state index in [4.69, 9.17) is 0 Å². The average molecular weight is 456 g/mol. The van der Waals surface area contributed by atoms with Gasteiger partial charge >= 0.3 is 0 Å². The van der Waals surface area contributed by atoms with Crippen LogP contribution in [0.2, 0.25) is 0 Å². The molecule has 3 rings (SSSR count). The minimum Gasteiger partial charge on any atom is -0.326 e. The van der Waals surface area contributed by atoms with Crippen LogP contribution in [0.3, 0.4) is 0 Å². The second-order valence-corrected chi connectivity index (χ2v) is 8.77. The fourth-order valence-electron chi connectivity index (χ4n) is 3.26. The predicted molar refractivity (Wildman–Crippen MR) is 122 cm³/mol. The van der Waals surface area contributed by atoms with E-state index in [0.29, 0.717) is 22.7 Å². The summed E-state index contributed by atoms with van der Waals surface area (Å²) >= 11 is 3.38. The number of carbonyl (C=O) groups excluding carboxylic acids is 1. The summed E-state index contributed by atoms with van der Waals surface area (Å²) in [5.74, 6) is 0.616. The first-order chi connectivity index (χ1) is 13.8. The zero-order valence-corrected chi connectivity index (χ0v) is 18.8. The van der Waals surface area contributed by atoms with Crippen LogP contribution < -0.4 is 10.9 Å². The standard InChI is InChI=1S/C23H26BrN3O2/c1-14(2)16-5-7-21(18(11-16)15(3)4)26-22(28)9-10-27-13-25-20-8-6-17(24)12-19(20)23(27)29/h5-8,11-15H,9-10H2,1-4H3,(H,26,28). The number of rotatable bonds is 6. The molecule has 1 aromatic heterocycles. The molecule has 0 aliphatic rings. The lowest BCUT2D eigenvalue weighted by molar-refractivity contribution is -0.116. The maximum Gasteiger partial charge on any atom is 0.261 e. The maximum atomic E-state index is 12.7. The second kappa shape index (κ2) is 8.91. The Bertz CT molecular complexity index is 1100. The lowest BCUT2D eigenvalue weighted by Crippen LogP contribution is -2.24. The Morgan fingerprint density at radius 2 is 1.86 bits per heavy atom. The molecule has 0 spiro atoms. The van der Waals surface area contributed by atoms with Crippen LogP contribution in [0, 0.1) is 0 Å². The molecule has 6 heteroatoms. The van der Waals surface area contributed by atoms with Crippen LogP contribution in [-0.2, 0) is 11.3 Å². The molecular weight excluding hydrogens is 430 g/mol. The number of anilines is 1. The number of fused-ring (bicyclic) bond motifs is 1. The van der Waals surface area contributed by atoms with Crippen molar-refractivity contribution in [2.45, 2.75) is 52.5 Å². The molecular formula is C23H26BrN3O2. The van der Waals surface area contributed by atoms with E-state index in [-0.39, 0.29) is 24.4 Å². The Morgan fingerprint density at radius 3 is 2.55 bits per heavy atom. The number of aryl methyl sites for hydroxylation is 1. The highest BCUT2D eigenvalue weighted by Crippen LogP contribution is 2.28. The molecule has 0 bridgehead atoms. The number of nitrogens with zero attached hydrogens (tertiary/aromatic N) is 2. The lowest BCUT2D eigenvalue weighted by Gasteiger charge is -2.17. The largest absolute Gasteiger partial charge is 0.326 e. The van der Waals surface area contributed by atoms with Gasteiger partial charge in [0.25, 0.3) is 5.56 Å².